The SMILES string of the molecule is CCn1cc(S(=O)(=O)NC2CCC(C)C2)cc1CN. The van der Waals surface area contributed by atoms with E-state index >= 15 is 0 Å². The lowest BCUT2D eigenvalue weighted by Gasteiger charge is -2.11. The third kappa shape index (κ3) is 3.19. The van der Waals surface area contributed by atoms with Gasteiger partial charge in [0.25, 0.3) is 0 Å². The lowest BCUT2D eigenvalue weighted by Crippen LogP contribution is -2.32. The van der Waals surface area contributed by atoms with Gasteiger partial charge in [0.2, 0.25) is 10.0 Å². The Bertz CT molecular complexity index is 515. The third-order valence-electron chi connectivity index (χ3n) is 3.84. The second-order valence-corrected chi connectivity index (χ2v) is 7.11. The van der Waals surface area contributed by atoms with Crippen LogP contribution >= 0.6 is 0 Å². The number of aromatic nitrogens is 1. The van der Waals surface area contributed by atoms with Crippen LogP contribution in [0.5, 0.6) is 0 Å². The van der Waals surface area contributed by atoms with Gasteiger partial charge >= 0.3 is 0 Å². The van der Waals surface area contributed by atoms with Crippen molar-refractivity contribution in [1.29, 1.82) is 0 Å². The summed E-state index contributed by atoms with van der Waals surface area (Å²) in [4.78, 5) is 0.328. The quantitative estimate of drug-likeness (QED) is 0.859. The molecule has 0 aliphatic heterocycles. The molecule has 1 heterocycles. The minimum atomic E-state index is -3.42. The zero-order valence-electron chi connectivity index (χ0n) is 11.6. The number of rotatable bonds is 5. The Morgan fingerprint density at radius 2 is 2.21 bits per heavy atom. The van der Waals surface area contributed by atoms with Crippen molar-refractivity contribution in [2.45, 2.75) is 57.1 Å². The molecular formula is C13H23N3O2S. The highest BCUT2D eigenvalue weighted by Gasteiger charge is 2.27. The maximum atomic E-state index is 12.3. The summed E-state index contributed by atoms with van der Waals surface area (Å²) in [6, 6.07) is 1.75. The molecule has 0 bridgehead atoms. The summed E-state index contributed by atoms with van der Waals surface area (Å²) in [7, 11) is -3.42. The van der Waals surface area contributed by atoms with Crippen molar-refractivity contribution in [3.8, 4) is 0 Å². The van der Waals surface area contributed by atoms with E-state index in [4.69, 9.17) is 5.73 Å². The smallest absolute Gasteiger partial charge is 0.242 e. The summed E-state index contributed by atoms with van der Waals surface area (Å²) in [5.41, 5.74) is 6.48. The monoisotopic (exact) mass is 285 g/mol. The van der Waals surface area contributed by atoms with E-state index in [2.05, 4.69) is 11.6 Å². The topological polar surface area (TPSA) is 77.1 Å². The highest BCUT2D eigenvalue weighted by molar-refractivity contribution is 7.89. The van der Waals surface area contributed by atoms with Crippen LogP contribution in [0.25, 0.3) is 0 Å². The average molecular weight is 285 g/mol. The minimum absolute atomic E-state index is 0.0753. The van der Waals surface area contributed by atoms with Gasteiger partial charge in [0.1, 0.15) is 0 Å². The summed E-state index contributed by atoms with van der Waals surface area (Å²) < 4.78 is 29.3. The van der Waals surface area contributed by atoms with Crippen LogP contribution in [0.15, 0.2) is 17.2 Å². The maximum Gasteiger partial charge on any atom is 0.242 e. The van der Waals surface area contributed by atoms with Crippen molar-refractivity contribution in [2.75, 3.05) is 0 Å². The molecule has 3 N–H and O–H groups in total. The third-order valence-corrected chi connectivity index (χ3v) is 5.33. The van der Waals surface area contributed by atoms with Crippen LogP contribution in [0, 0.1) is 5.92 Å². The number of sulfonamides is 1. The molecule has 1 aliphatic rings. The Balaban J connectivity index is 2.17. The molecule has 108 valence electrons. The first-order valence-electron chi connectivity index (χ1n) is 6.87. The molecule has 2 rings (SSSR count). The molecule has 6 heteroatoms. The van der Waals surface area contributed by atoms with Crippen LogP contribution in [0.1, 0.15) is 38.8 Å². The van der Waals surface area contributed by atoms with E-state index in [0.29, 0.717) is 17.4 Å². The van der Waals surface area contributed by atoms with Gasteiger partial charge in [0, 0.05) is 31.0 Å². The van der Waals surface area contributed by atoms with E-state index in [-0.39, 0.29) is 6.04 Å². The normalized spacial score (nSPS) is 23.9. The molecule has 1 aromatic rings. The Morgan fingerprint density at radius 1 is 1.47 bits per heavy atom. The Labute approximate surface area is 115 Å². The fourth-order valence-electron chi connectivity index (χ4n) is 2.74. The molecule has 2 atom stereocenters. The van der Waals surface area contributed by atoms with Crippen molar-refractivity contribution in [1.82, 2.24) is 9.29 Å². The Morgan fingerprint density at radius 3 is 2.68 bits per heavy atom. The summed E-state index contributed by atoms with van der Waals surface area (Å²) in [5, 5.41) is 0. The molecule has 0 spiro atoms. The molecule has 2 unspecified atom stereocenters. The van der Waals surface area contributed by atoms with Crippen molar-refractivity contribution >= 4 is 10.0 Å². The zero-order chi connectivity index (χ0) is 14.0. The fourth-order valence-corrected chi connectivity index (χ4v) is 4.09. The maximum absolute atomic E-state index is 12.3. The lowest BCUT2D eigenvalue weighted by molar-refractivity contribution is 0.538. The predicted molar refractivity (Wildman–Crippen MR) is 75.1 cm³/mol. The summed E-state index contributed by atoms with van der Waals surface area (Å²) in [6.07, 6.45) is 4.62. The first kappa shape index (κ1) is 14.6. The molecule has 0 saturated heterocycles. The lowest BCUT2D eigenvalue weighted by atomic mass is 10.1. The van der Waals surface area contributed by atoms with Crippen LogP contribution in [0.3, 0.4) is 0 Å². The van der Waals surface area contributed by atoms with Crippen LogP contribution in [-0.2, 0) is 23.1 Å². The predicted octanol–water partition coefficient (Wildman–Crippen LogP) is 1.43. The van der Waals surface area contributed by atoms with Crippen molar-refractivity contribution in [2.24, 2.45) is 11.7 Å². The number of nitrogens with zero attached hydrogens (tertiary/aromatic N) is 1. The van der Waals surface area contributed by atoms with Crippen molar-refractivity contribution in [3.05, 3.63) is 18.0 Å². The van der Waals surface area contributed by atoms with Gasteiger partial charge < -0.3 is 10.3 Å². The number of aryl methyl sites for hydroxylation is 1. The number of nitrogens with two attached hydrogens (primary N) is 1. The van der Waals surface area contributed by atoms with Gasteiger partial charge in [-0.2, -0.15) is 0 Å². The largest absolute Gasteiger partial charge is 0.349 e. The van der Waals surface area contributed by atoms with Gasteiger partial charge in [-0.05, 0) is 38.2 Å². The molecule has 1 aliphatic carbocycles. The van der Waals surface area contributed by atoms with E-state index in [0.717, 1.165) is 31.5 Å². The van der Waals surface area contributed by atoms with Crippen LogP contribution in [0.2, 0.25) is 0 Å². The molecule has 0 amide bonds. The number of hydrogen-bond acceptors (Lipinski definition) is 3. The van der Waals surface area contributed by atoms with Gasteiger partial charge in [-0.3, -0.25) is 0 Å². The van der Waals surface area contributed by atoms with Crippen LogP contribution in [-0.4, -0.2) is 19.0 Å². The molecule has 1 saturated carbocycles. The fraction of sp³-hybridized carbons (Fsp3) is 0.692. The molecular weight excluding hydrogens is 262 g/mol. The van der Waals surface area contributed by atoms with Gasteiger partial charge in [-0.1, -0.05) is 6.92 Å². The highest BCUT2D eigenvalue weighted by atomic mass is 32.2. The highest BCUT2D eigenvalue weighted by Crippen LogP contribution is 2.26. The van der Waals surface area contributed by atoms with Gasteiger partial charge in [0.15, 0.2) is 0 Å². The van der Waals surface area contributed by atoms with E-state index in [1.54, 1.807) is 12.3 Å². The zero-order valence-corrected chi connectivity index (χ0v) is 12.4. The van der Waals surface area contributed by atoms with Crippen molar-refractivity contribution < 1.29 is 8.42 Å². The van der Waals surface area contributed by atoms with E-state index < -0.39 is 10.0 Å². The molecule has 0 radical (unpaired) electrons. The van der Waals surface area contributed by atoms with Gasteiger partial charge in [0.05, 0.1) is 4.90 Å². The van der Waals surface area contributed by atoms with Gasteiger partial charge in [-0.15, -0.1) is 0 Å². The molecule has 19 heavy (non-hydrogen) atoms. The second kappa shape index (κ2) is 5.64. The Hall–Kier alpha value is -0.850. The first-order valence-corrected chi connectivity index (χ1v) is 8.36. The molecule has 1 aromatic heterocycles. The second-order valence-electron chi connectivity index (χ2n) is 5.39. The van der Waals surface area contributed by atoms with E-state index in [9.17, 15) is 8.42 Å². The summed E-state index contributed by atoms with van der Waals surface area (Å²) >= 11 is 0. The van der Waals surface area contributed by atoms with Crippen LogP contribution < -0.4 is 10.5 Å². The molecule has 5 nitrogen and oxygen atoms in total. The van der Waals surface area contributed by atoms with Gasteiger partial charge in [-0.25, -0.2) is 13.1 Å². The standard InChI is InChI=1S/C13H23N3O2S/c1-3-16-9-13(7-12(16)8-14)19(17,18)15-11-5-4-10(2)6-11/h7,9-11,15H,3-6,8,14H2,1-2H3. The Kier molecular flexibility index (Phi) is 4.32. The van der Waals surface area contributed by atoms with Crippen molar-refractivity contribution in [3.63, 3.8) is 0 Å². The number of hydrogen-bond donors (Lipinski definition) is 2. The molecule has 1 fully saturated rings. The summed E-state index contributed by atoms with van der Waals surface area (Å²) in [6.45, 7) is 5.21. The van der Waals surface area contributed by atoms with Crippen LogP contribution in [0.4, 0.5) is 0 Å². The van der Waals surface area contributed by atoms with E-state index in [1.165, 1.54) is 0 Å². The summed E-state index contributed by atoms with van der Waals surface area (Å²) in [5.74, 6) is 0.604. The van der Waals surface area contributed by atoms with E-state index in [1.807, 2.05) is 11.5 Å². The first-order chi connectivity index (χ1) is 8.96. The minimum Gasteiger partial charge on any atom is -0.349 e. The molecule has 0 aromatic carbocycles. The number of nitrogens with one attached hydrogen (secondary N) is 1. The average Bonchev–Trinajstić information content (AvgIpc) is 2.94.